The molecule has 5 heteroatoms. The number of rotatable bonds is 5. The maximum Gasteiger partial charge on any atom is 0.229 e. The number of carbonyl (C=O) groups is 2. The van der Waals surface area contributed by atoms with Crippen LogP contribution in [0.2, 0.25) is 0 Å². The van der Waals surface area contributed by atoms with Gasteiger partial charge in [0.2, 0.25) is 11.8 Å². The molecule has 126 valence electrons. The molecule has 2 heterocycles. The van der Waals surface area contributed by atoms with Crippen molar-refractivity contribution in [2.45, 2.75) is 45.2 Å². The zero-order valence-electron chi connectivity index (χ0n) is 14.0. The topological polar surface area (TPSA) is 54.3 Å². The lowest BCUT2D eigenvalue weighted by atomic mass is 10.1. The van der Waals surface area contributed by atoms with E-state index in [2.05, 4.69) is 29.1 Å². The van der Waals surface area contributed by atoms with E-state index in [-0.39, 0.29) is 17.7 Å². The number of hydrogen-bond donors (Lipinski definition) is 1. The molecule has 4 rings (SSSR count). The summed E-state index contributed by atoms with van der Waals surface area (Å²) >= 11 is 0. The molecule has 1 saturated carbocycles. The van der Waals surface area contributed by atoms with Crippen LogP contribution in [0.15, 0.2) is 30.5 Å². The zero-order chi connectivity index (χ0) is 16.7. The van der Waals surface area contributed by atoms with Crippen molar-refractivity contribution in [3.8, 4) is 0 Å². The summed E-state index contributed by atoms with van der Waals surface area (Å²) < 4.78 is 2.21. The van der Waals surface area contributed by atoms with E-state index in [1.807, 2.05) is 23.1 Å². The van der Waals surface area contributed by atoms with E-state index in [1.165, 1.54) is 5.39 Å². The molecule has 1 saturated heterocycles. The molecule has 0 unspecified atom stereocenters. The number of nitrogens with one attached hydrogen (secondary N) is 1. The molecule has 1 N–H and O–H groups in total. The minimum absolute atomic E-state index is 0.0422. The number of anilines is 1. The maximum absolute atomic E-state index is 12.5. The van der Waals surface area contributed by atoms with Gasteiger partial charge in [-0.25, -0.2) is 0 Å². The van der Waals surface area contributed by atoms with Crippen LogP contribution in [-0.2, 0) is 16.1 Å². The fourth-order valence-corrected chi connectivity index (χ4v) is 3.59. The first kappa shape index (κ1) is 15.2. The predicted octanol–water partition coefficient (Wildman–Crippen LogP) is 3.00. The first-order valence-electron chi connectivity index (χ1n) is 8.85. The highest BCUT2D eigenvalue weighted by Crippen LogP contribution is 2.33. The second-order valence-corrected chi connectivity index (χ2v) is 6.95. The van der Waals surface area contributed by atoms with Crippen LogP contribution in [0.1, 0.15) is 32.6 Å². The van der Waals surface area contributed by atoms with E-state index in [0.29, 0.717) is 19.0 Å². The maximum atomic E-state index is 12.5. The average molecular weight is 325 g/mol. The third-order valence-electron chi connectivity index (χ3n) is 5.02. The van der Waals surface area contributed by atoms with Gasteiger partial charge in [0, 0.05) is 37.4 Å². The van der Waals surface area contributed by atoms with Gasteiger partial charge < -0.3 is 14.8 Å². The van der Waals surface area contributed by atoms with Crippen molar-refractivity contribution in [3.63, 3.8) is 0 Å². The highest BCUT2D eigenvalue weighted by atomic mass is 16.2. The Hall–Kier alpha value is -2.30. The Labute approximate surface area is 141 Å². The van der Waals surface area contributed by atoms with E-state index in [9.17, 15) is 9.59 Å². The lowest BCUT2D eigenvalue weighted by molar-refractivity contribution is -0.128. The Bertz CT molecular complexity index is 791. The number of carbonyl (C=O) groups excluding carboxylic acids is 2. The number of aromatic nitrogens is 1. The first-order valence-corrected chi connectivity index (χ1v) is 8.85. The molecule has 1 aromatic heterocycles. The molecule has 2 aromatic rings. The Morgan fingerprint density at radius 3 is 2.88 bits per heavy atom. The molecule has 1 aliphatic heterocycles. The first-order chi connectivity index (χ1) is 11.7. The summed E-state index contributed by atoms with van der Waals surface area (Å²) in [4.78, 5) is 26.4. The summed E-state index contributed by atoms with van der Waals surface area (Å²) in [5.74, 6) is -0.138. The minimum atomic E-state index is -0.226. The van der Waals surface area contributed by atoms with Gasteiger partial charge >= 0.3 is 0 Å². The van der Waals surface area contributed by atoms with Gasteiger partial charge in [0.25, 0.3) is 0 Å². The Morgan fingerprint density at radius 2 is 2.12 bits per heavy atom. The van der Waals surface area contributed by atoms with Crippen LogP contribution in [0.3, 0.4) is 0 Å². The van der Waals surface area contributed by atoms with Crippen molar-refractivity contribution in [1.82, 2.24) is 9.47 Å². The van der Waals surface area contributed by atoms with Crippen LogP contribution in [0, 0.1) is 5.92 Å². The largest absolute Gasteiger partial charge is 0.347 e. The summed E-state index contributed by atoms with van der Waals surface area (Å²) in [7, 11) is 0. The molecule has 0 bridgehead atoms. The standard InChI is InChI=1S/C19H23N3O2/c1-2-8-21-9-7-13-3-4-15(11-17(13)21)20-19(24)14-10-18(23)22(12-14)16-5-6-16/h3-4,7,9,11,14,16H,2,5-6,8,10,12H2,1H3,(H,20,24)/t14-/m0/s1. The third kappa shape index (κ3) is 2.79. The number of nitrogens with zero attached hydrogens (tertiary/aromatic N) is 2. The number of hydrogen-bond acceptors (Lipinski definition) is 2. The summed E-state index contributed by atoms with van der Waals surface area (Å²) in [5.41, 5.74) is 1.94. The SMILES string of the molecule is CCCn1ccc2ccc(NC(=O)[C@H]3CC(=O)N(C4CC4)C3)cc21. The van der Waals surface area contributed by atoms with E-state index in [0.717, 1.165) is 37.0 Å². The lowest BCUT2D eigenvalue weighted by Gasteiger charge is -2.15. The molecule has 1 aromatic carbocycles. The second-order valence-electron chi connectivity index (χ2n) is 6.95. The van der Waals surface area contributed by atoms with Crippen LogP contribution in [0.4, 0.5) is 5.69 Å². The number of benzene rings is 1. The molecule has 24 heavy (non-hydrogen) atoms. The van der Waals surface area contributed by atoms with Crippen molar-refractivity contribution >= 4 is 28.4 Å². The number of amides is 2. The molecule has 0 spiro atoms. The van der Waals surface area contributed by atoms with E-state index >= 15 is 0 Å². The van der Waals surface area contributed by atoms with Crippen molar-refractivity contribution < 1.29 is 9.59 Å². The quantitative estimate of drug-likeness (QED) is 0.919. The predicted molar refractivity (Wildman–Crippen MR) is 93.7 cm³/mol. The van der Waals surface area contributed by atoms with Crippen molar-refractivity contribution in [2.24, 2.45) is 5.92 Å². The minimum Gasteiger partial charge on any atom is -0.347 e. The highest BCUT2D eigenvalue weighted by molar-refractivity contribution is 5.98. The van der Waals surface area contributed by atoms with Gasteiger partial charge in [-0.1, -0.05) is 13.0 Å². The average Bonchev–Trinajstić information content (AvgIpc) is 3.23. The Balaban J connectivity index is 1.48. The third-order valence-corrected chi connectivity index (χ3v) is 5.02. The molecule has 1 atom stereocenters. The van der Waals surface area contributed by atoms with Gasteiger partial charge in [0.1, 0.15) is 0 Å². The summed E-state index contributed by atoms with van der Waals surface area (Å²) in [6.45, 7) is 3.69. The van der Waals surface area contributed by atoms with Crippen molar-refractivity contribution in [2.75, 3.05) is 11.9 Å². The van der Waals surface area contributed by atoms with Gasteiger partial charge in [-0.3, -0.25) is 9.59 Å². The number of fused-ring (bicyclic) bond motifs is 1. The highest BCUT2D eigenvalue weighted by Gasteiger charge is 2.41. The van der Waals surface area contributed by atoms with Crippen LogP contribution >= 0.6 is 0 Å². The van der Waals surface area contributed by atoms with Crippen LogP contribution in [0.25, 0.3) is 10.9 Å². The lowest BCUT2D eigenvalue weighted by Crippen LogP contribution is -2.29. The summed E-state index contributed by atoms with van der Waals surface area (Å²) in [5, 5.41) is 4.18. The summed E-state index contributed by atoms with van der Waals surface area (Å²) in [6.07, 6.45) is 5.68. The van der Waals surface area contributed by atoms with Crippen LogP contribution in [-0.4, -0.2) is 33.9 Å². The number of likely N-dealkylation sites (tertiary alicyclic amines) is 1. The van der Waals surface area contributed by atoms with E-state index in [4.69, 9.17) is 0 Å². The molecule has 1 aliphatic carbocycles. The van der Waals surface area contributed by atoms with Gasteiger partial charge in [-0.15, -0.1) is 0 Å². The summed E-state index contributed by atoms with van der Waals surface area (Å²) in [6, 6.07) is 8.49. The molecule has 2 fully saturated rings. The monoisotopic (exact) mass is 325 g/mol. The normalized spacial score (nSPS) is 20.8. The fourth-order valence-electron chi connectivity index (χ4n) is 3.59. The molecule has 0 radical (unpaired) electrons. The van der Waals surface area contributed by atoms with E-state index < -0.39 is 0 Å². The smallest absolute Gasteiger partial charge is 0.229 e. The Morgan fingerprint density at radius 1 is 1.29 bits per heavy atom. The van der Waals surface area contributed by atoms with Gasteiger partial charge in [-0.05, 0) is 42.8 Å². The molecule has 5 nitrogen and oxygen atoms in total. The Kier molecular flexibility index (Phi) is 3.79. The zero-order valence-corrected chi connectivity index (χ0v) is 14.0. The molecular weight excluding hydrogens is 302 g/mol. The molecular formula is C19H23N3O2. The number of aryl methyl sites for hydroxylation is 1. The van der Waals surface area contributed by atoms with Crippen LogP contribution < -0.4 is 5.32 Å². The van der Waals surface area contributed by atoms with E-state index in [1.54, 1.807) is 0 Å². The second kappa shape index (κ2) is 5.96. The van der Waals surface area contributed by atoms with Gasteiger partial charge in [0.15, 0.2) is 0 Å². The fraction of sp³-hybridized carbons (Fsp3) is 0.474. The van der Waals surface area contributed by atoms with Crippen LogP contribution in [0.5, 0.6) is 0 Å². The molecule has 2 aliphatic rings. The van der Waals surface area contributed by atoms with Gasteiger partial charge in [0.05, 0.1) is 11.4 Å². The van der Waals surface area contributed by atoms with Crippen molar-refractivity contribution in [1.29, 1.82) is 0 Å². The van der Waals surface area contributed by atoms with Crippen molar-refractivity contribution in [3.05, 3.63) is 30.5 Å². The van der Waals surface area contributed by atoms with Gasteiger partial charge in [-0.2, -0.15) is 0 Å². The molecule has 2 amide bonds.